The topological polar surface area (TPSA) is 270 Å². The standard InChI is InChI=1S/C21H38N10O5/c1-12(29-18(33)14(23)9-13-10-26-11-28-13)17(32)30-15(6-4-8-27-21(24)25)19(34)31-16(20(35)36)5-2-3-7-22/h10-12,14-16H,2-9,22-23H2,1H3,(H,26,28)(H,29,33)(H,30,32)(H,31,34)(H,35,36)(H4,24,25,27). The van der Waals surface area contributed by atoms with Crippen molar-refractivity contribution < 1.29 is 24.3 Å². The molecular formula is C21H38N10O5. The Morgan fingerprint density at radius 2 is 1.69 bits per heavy atom. The lowest BCUT2D eigenvalue weighted by atomic mass is 10.1. The summed E-state index contributed by atoms with van der Waals surface area (Å²) < 4.78 is 0. The molecule has 0 saturated heterocycles. The van der Waals surface area contributed by atoms with Crippen LogP contribution in [0.3, 0.4) is 0 Å². The molecular weight excluding hydrogens is 472 g/mol. The molecule has 13 N–H and O–H groups in total. The summed E-state index contributed by atoms with van der Waals surface area (Å²) in [5, 5.41) is 17.0. The van der Waals surface area contributed by atoms with Gasteiger partial charge in [0.1, 0.15) is 18.1 Å². The molecule has 0 spiro atoms. The molecule has 0 aliphatic heterocycles. The van der Waals surface area contributed by atoms with Gasteiger partial charge in [-0.1, -0.05) is 0 Å². The lowest BCUT2D eigenvalue weighted by Crippen LogP contribution is -2.56. The van der Waals surface area contributed by atoms with E-state index in [9.17, 15) is 24.3 Å². The summed E-state index contributed by atoms with van der Waals surface area (Å²) in [6.07, 6.45) is 4.96. The van der Waals surface area contributed by atoms with Gasteiger partial charge in [-0.05, 0) is 45.6 Å². The molecule has 36 heavy (non-hydrogen) atoms. The van der Waals surface area contributed by atoms with Gasteiger partial charge in [0.25, 0.3) is 0 Å². The molecule has 0 aliphatic rings. The van der Waals surface area contributed by atoms with Gasteiger partial charge in [-0.2, -0.15) is 0 Å². The van der Waals surface area contributed by atoms with Gasteiger partial charge in [0, 0.05) is 24.9 Å². The van der Waals surface area contributed by atoms with Crippen LogP contribution in [0, 0.1) is 0 Å². The highest BCUT2D eigenvalue weighted by atomic mass is 16.4. The minimum atomic E-state index is -1.20. The third-order valence-corrected chi connectivity index (χ3v) is 5.22. The van der Waals surface area contributed by atoms with E-state index in [-0.39, 0.29) is 31.8 Å². The van der Waals surface area contributed by atoms with Crippen LogP contribution in [0.15, 0.2) is 17.5 Å². The van der Waals surface area contributed by atoms with Crippen LogP contribution in [0.1, 0.15) is 44.7 Å². The van der Waals surface area contributed by atoms with Crippen molar-refractivity contribution in [3.05, 3.63) is 18.2 Å². The Morgan fingerprint density at radius 3 is 2.28 bits per heavy atom. The van der Waals surface area contributed by atoms with Gasteiger partial charge in [-0.25, -0.2) is 9.78 Å². The van der Waals surface area contributed by atoms with Crippen LogP contribution in [-0.2, 0) is 25.6 Å². The number of aliphatic carboxylic acids is 1. The minimum absolute atomic E-state index is 0.117. The number of carboxylic acid groups (broad SMARTS) is 1. The molecule has 1 rings (SSSR count). The molecule has 3 amide bonds. The number of aromatic nitrogens is 2. The van der Waals surface area contributed by atoms with Crippen LogP contribution >= 0.6 is 0 Å². The number of aliphatic imine (C=N–C) groups is 1. The smallest absolute Gasteiger partial charge is 0.326 e. The number of guanidine groups is 1. The van der Waals surface area contributed by atoms with Crippen molar-refractivity contribution in [1.82, 2.24) is 25.9 Å². The number of nitrogens with two attached hydrogens (primary N) is 4. The number of carbonyl (C=O) groups is 4. The summed E-state index contributed by atoms with van der Waals surface area (Å²) in [4.78, 5) is 60.1. The number of nitrogens with one attached hydrogen (secondary N) is 4. The van der Waals surface area contributed by atoms with E-state index in [0.29, 0.717) is 31.5 Å². The predicted molar refractivity (Wildman–Crippen MR) is 132 cm³/mol. The van der Waals surface area contributed by atoms with Crippen LogP contribution in [-0.4, -0.2) is 82.0 Å². The summed E-state index contributed by atoms with van der Waals surface area (Å²) in [5.74, 6) is -3.20. The maximum Gasteiger partial charge on any atom is 0.326 e. The summed E-state index contributed by atoms with van der Waals surface area (Å²) >= 11 is 0. The zero-order valence-corrected chi connectivity index (χ0v) is 20.4. The fourth-order valence-electron chi connectivity index (χ4n) is 3.20. The van der Waals surface area contributed by atoms with Gasteiger partial charge in [0.2, 0.25) is 17.7 Å². The number of unbranched alkanes of at least 4 members (excludes halogenated alkanes) is 1. The molecule has 0 fully saturated rings. The van der Waals surface area contributed by atoms with Crippen molar-refractivity contribution in [2.75, 3.05) is 13.1 Å². The van der Waals surface area contributed by atoms with Crippen molar-refractivity contribution in [3.8, 4) is 0 Å². The quantitative estimate of drug-likeness (QED) is 0.0582. The van der Waals surface area contributed by atoms with Gasteiger partial charge in [-0.15, -0.1) is 0 Å². The van der Waals surface area contributed by atoms with E-state index in [0.717, 1.165) is 0 Å². The zero-order chi connectivity index (χ0) is 27.1. The molecule has 0 saturated carbocycles. The van der Waals surface area contributed by atoms with Crippen molar-refractivity contribution in [3.63, 3.8) is 0 Å². The maximum absolute atomic E-state index is 12.9. The van der Waals surface area contributed by atoms with Crippen LogP contribution in [0.4, 0.5) is 0 Å². The Bertz CT molecular complexity index is 872. The van der Waals surface area contributed by atoms with Crippen LogP contribution in [0.5, 0.6) is 0 Å². The number of carboxylic acids is 1. The van der Waals surface area contributed by atoms with Crippen LogP contribution in [0.2, 0.25) is 0 Å². The lowest BCUT2D eigenvalue weighted by Gasteiger charge is -2.23. The summed E-state index contributed by atoms with van der Waals surface area (Å²) in [5.41, 5.74) is 22.6. The number of rotatable bonds is 17. The van der Waals surface area contributed by atoms with E-state index < -0.39 is 47.9 Å². The van der Waals surface area contributed by atoms with E-state index in [1.165, 1.54) is 19.4 Å². The highest BCUT2D eigenvalue weighted by Crippen LogP contribution is 2.05. The second-order valence-electron chi connectivity index (χ2n) is 8.31. The molecule has 4 unspecified atom stereocenters. The van der Waals surface area contributed by atoms with Gasteiger partial charge in [-0.3, -0.25) is 19.4 Å². The largest absolute Gasteiger partial charge is 0.480 e. The molecule has 15 nitrogen and oxygen atoms in total. The van der Waals surface area contributed by atoms with Gasteiger partial charge >= 0.3 is 5.97 Å². The first-order valence-corrected chi connectivity index (χ1v) is 11.7. The molecule has 0 aliphatic carbocycles. The lowest BCUT2D eigenvalue weighted by molar-refractivity contribution is -0.142. The molecule has 0 aromatic carbocycles. The summed E-state index contributed by atoms with van der Waals surface area (Å²) in [6.45, 7) is 2.05. The third-order valence-electron chi connectivity index (χ3n) is 5.22. The highest BCUT2D eigenvalue weighted by Gasteiger charge is 2.28. The number of amides is 3. The highest BCUT2D eigenvalue weighted by molar-refractivity contribution is 5.93. The molecule has 202 valence electrons. The average molecular weight is 511 g/mol. The van der Waals surface area contributed by atoms with E-state index in [2.05, 4.69) is 30.9 Å². The number of hydrogen-bond acceptors (Lipinski definition) is 8. The molecule has 15 heteroatoms. The van der Waals surface area contributed by atoms with Crippen LogP contribution in [0.25, 0.3) is 0 Å². The normalized spacial score (nSPS) is 14.1. The number of carbonyl (C=O) groups excluding carboxylic acids is 3. The molecule has 1 aromatic heterocycles. The Balaban J connectivity index is 2.78. The van der Waals surface area contributed by atoms with Crippen LogP contribution < -0.4 is 38.9 Å². The average Bonchev–Trinajstić information content (AvgIpc) is 3.32. The molecule has 1 heterocycles. The molecule has 0 radical (unpaired) electrons. The van der Waals surface area contributed by atoms with Gasteiger partial charge < -0.3 is 49.0 Å². The van der Waals surface area contributed by atoms with E-state index in [4.69, 9.17) is 22.9 Å². The van der Waals surface area contributed by atoms with E-state index in [1.807, 2.05) is 0 Å². The van der Waals surface area contributed by atoms with Crippen molar-refractivity contribution in [2.45, 2.75) is 69.6 Å². The first-order valence-electron chi connectivity index (χ1n) is 11.7. The van der Waals surface area contributed by atoms with E-state index in [1.54, 1.807) is 0 Å². The second kappa shape index (κ2) is 16.0. The number of aromatic amines is 1. The molecule has 0 bridgehead atoms. The van der Waals surface area contributed by atoms with Crippen molar-refractivity contribution >= 4 is 29.7 Å². The Morgan fingerprint density at radius 1 is 1.03 bits per heavy atom. The molecule has 1 aromatic rings. The SMILES string of the molecule is CC(NC(=O)C(N)Cc1cnc[nH]1)C(=O)NC(CCCN=C(N)N)C(=O)NC(CCCCN)C(=O)O. The van der Waals surface area contributed by atoms with Gasteiger partial charge in [0.05, 0.1) is 12.4 Å². The van der Waals surface area contributed by atoms with Crippen molar-refractivity contribution in [2.24, 2.45) is 27.9 Å². The summed E-state index contributed by atoms with van der Waals surface area (Å²) in [6, 6.07) is -4.16. The number of H-pyrrole nitrogens is 1. The number of hydrogen-bond donors (Lipinski definition) is 9. The first kappa shape index (κ1) is 30.3. The fraction of sp³-hybridized carbons (Fsp3) is 0.619. The predicted octanol–water partition coefficient (Wildman–Crippen LogP) is -2.98. The van der Waals surface area contributed by atoms with Crippen molar-refractivity contribution in [1.29, 1.82) is 0 Å². The second-order valence-corrected chi connectivity index (χ2v) is 8.31. The molecule has 4 atom stereocenters. The van der Waals surface area contributed by atoms with Gasteiger partial charge in [0.15, 0.2) is 5.96 Å². The zero-order valence-electron chi connectivity index (χ0n) is 20.4. The number of nitrogens with zero attached hydrogens (tertiary/aromatic N) is 2. The first-order chi connectivity index (χ1) is 17.0. The Hall–Kier alpha value is -3.72. The number of imidazole rings is 1. The third kappa shape index (κ3) is 11.6. The van der Waals surface area contributed by atoms with E-state index >= 15 is 0 Å². The monoisotopic (exact) mass is 510 g/mol. The minimum Gasteiger partial charge on any atom is -0.480 e. The summed E-state index contributed by atoms with van der Waals surface area (Å²) in [7, 11) is 0. The Kier molecular flexibility index (Phi) is 13.5. The Labute approximate surface area is 209 Å². The fourth-order valence-corrected chi connectivity index (χ4v) is 3.20. The maximum atomic E-state index is 12.9.